The first kappa shape index (κ1) is 16.3. The first-order chi connectivity index (χ1) is 12.1. The van der Waals surface area contributed by atoms with Crippen molar-refractivity contribution in [2.24, 2.45) is 0 Å². The first-order valence-electron chi connectivity index (χ1n) is 7.79. The maximum absolute atomic E-state index is 12.1. The minimum absolute atomic E-state index is 0.147. The fourth-order valence-corrected chi connectivity index (χ4v) is 2.72. The number of fused-ring (bicyclic) bond motifs is 1. The molecule has 0 amide bonds. The van der Waals surface area contributed by atoms with Gasteiger partial charge in [-0.3, -0.25) is 4.79 Å². The van der Waals surface area contributed by atoms with Gasteiger partial charge in [0.2, 0.25) is 0 Å². The Morgan fingerprint density at radius 3 is 2.68 bits per heavy atom. The van der Waals surface area contributed by atoms with Crippen molar-refractivity contribution < 1.29 is 0 Å². The quantitative estimate of drug-likeness (QED) is 0.748. The molecule has 25 heavy (non-hydrogen) atoms. The molecule has 0 unspecified atom stereocenters. The minimum Gasteiger partial charge on any atom is -0.356 e. The van der Waals surface area contributed by atoms with E-state index in [4.69, 9.17) is 11.7 Å². The molecule has 5 nitrogen and oxygen atoms in total. The standard InChI is InChI=1S/C20H16N4O/c1-3-10-24(17-7-4-15(12-21)5-8-17)13-16-6-9-19-18(11-16)20(25)23-14(2)22-19/h1,4-9,11H,10,13H2,2H3,(H,22,23,25). The van der Waals surface area contributed by atoms with Crippen LogP contribution in [0.4, 0.5) is 5.69 Å². The second kappa shape index (κ2) is 6.90. The van der Waals surface area contributed by atoms with E-state index in [1.165, 1.54) is 0 Å². The molecule has 0 saturated carbocycles. The number of H-pyrrole nitrogens is 1. The molecule has 0 saturated heterocycles. The molecule has 0 aliphatic heterocycles. The SMILES string of the molecule is C#CCN(Cc1ccc2nc(C)[nH]c(=O)c2c1)c1ccc(C#N)cc1. The van der Waals surface area contributed by atoms with Gasteiger partial charge in [-0.2, -0.15) is 5.26 Å². The maximum atomic E-state index is 12.1. The zero-order valence-corrected chi connectivity index (χ0v) is 13.8. The van der Waals surface area contributed by atoms with Gasteiger partial charge in [0.25, 0.3) is 5.56 Å². The summed E-state index contributed by atoms with van der Waals surface area (Å²) in [5, 5.41) is 9.48. The Hall–Kier alpha value is -3.57. The van der Waals surface area contributed by atoms with Gasteiger partial charge >= 0.3 is 0 Å². The van der Waals surface area contributed by atoms with E-state index in [0.717, 1.165) is 11.3 Å². The van der Waals surface area contributed by atoms with Crippen molar-refractivity contribution in [2.75, 3.05) is 11.4 Å². The van der Waals surface area contributed by atoms with Crippen LogP contribution in [0, 0.1) is 30.6 Å². The van der Waals surface area contributed by atoms with Crippen molar-refractivity contribution in [3.05, 3.63) is 69.8 Å². The highest BCUT2D eigenvalue weighted by atomic mass is 16.1. The molecule has 3 rings (SSSR count). The zero-order valence-electron chi connectivity index (χ0n) is 13.8. The predicted molar refractivity (Wildman–Crippen MR) is 98.1 cm³/mol. The van der Waals surface area contributed by atoms with Crippen molar-refractivity contribution in [2.45, 2.75) is 13.5 Å². The Morgan fingerprint density at radius 2 is 2.00 bits per heavy atom. The molecule has 2 aromatic carbocycles. The molecule has 0 radical (unpaired) electrons. The molecule has 0 atom stereocenters. The molecule has 5 heteroatoms. The van der Waals surface area contributed by atoms with Crippen LogP contribution in [0.1, 0.15) is 17.0 Å². The Balaban J connectivity index is 1.94. The lowest BCUT2D eigenvalue weighted by Crippen LogP contribution is -2.23. The lowest BCUT2D eigenvalue weighted by Gasteiger charge is -2.22. The van der Waals surface area contributed by atoms with Gasteiger partial charge in [-0.25, -0.2) is 4.98 Å². The molecule has 0 fully saturated rings. The van der Waals surface area contributed by atoms with Gasteiger partial charge in [-0.15, -0.1) is 6.42 Å². The highest BCUT2D eigenvalue weighted by molar-refractivity contribution is 5.78. The van der Waals surface area contributed by atoms with Crippen LogP contribution in [0.5, 0.6) is 0 Å². The van der Waals surface area contributed by atoms with Crippen LogP contribution < -0.4 is 10.5 Å². The number of anilines is 1. The summed E-state index contributed by atoms with van der Waals surface area (Å²) in [5.74, 6) is 3.25. The van der Waals surface area contributed by atoms with Crippen molar-refractivity contribution in [3.8, 4) is 18.4 Å². The van der Waals surface area contributed by atoms with Crippen LogP contribution in [0.15, 0.2) is 47.3 Å². The van der Waals surface area contributed by atoms with Crippen molar-refractivity contribution in [1.29, 1.82) is 5.26 Å². The molecule has 1 aromatic heterocycles. The topological polar surface area (TPSA) is 72.8 Å². The van der Waals surface area contributed by atoms with Gasteiger partial charge in [-0.05, 0) is 48.9 Å². The van der Waals surface area contributed by atoms with E-state index < -0.39 is 0 Å². The number of benzene rings is 2. The van der Waals surface area contributed by atoms with Crippen molar-refractivity contribution in [3.63, 3.8) is 0 Å². The molecule has 0 spiro atoms. The summed E-state index contributed by atoms with van der Waals surface area (Å²) in [6.07, 6.45) is 5.50. The molecule has 0 aliphatic rings. The Kier molecular flexibility index (Phi) is 4.50. The second-order valence-electron chi connectivity index (χ2n) is 5.72. The van der Waals surface area contributed by atoms with Crippen LogP contribution in [-0.2, 0) is 6.54 Å². The number of rotatable bonds is 4. The number of aromatic amines is 1. The highest BCUT2D eigenvalue weighted by Gasteiger charge is 2.09. The summed E-state index contributed by atoms with van der Waals surface area (Å²) in [6.45, 7) is 2.74. The normalized spacial score (nSPS) is 10.2. The number of aromatic nitrogens is 2. The van der Waals surface area contributed by atoms with E-state index in [0.29, 0.717) is 35.4 Å². The van der Waals surface area contributed by atoms with Gasteiger partial charge in [0.1, 0.15) is 5.82 Å². The maximum Gasteiger partial charge on any atom is 0.258 e. The third kappa shape index (κ3) is 3.52. The predicted octanol–water partition coefficient (Wildman–Crippen LogP) is 2.74. The highest BCUT2D eigenvalue weighted by Crippen LogP contribution is 2.19. The molecular formula is C20H16N4O. The number of hydrogen-bond donors (Lipinski definition) is 1. The first-order valence-corrected chi connectivity index (χ1v) is 7.79. The number of nitrogens with one attached hydrogen (secondary N) is 1. The van der Waals surface area contributed by atoms with Gasteiger partial charge in [-0.1, -0.05) is 12.0 Å². The monoisotopic (exact) mass is 328 g/mol. The summed E-state index contributed by atoms with van der Waals surface area (Å²) >= 11 is 0. The summed E-state index contributed by atoms with van der Waals surface area (Å²) < 4.78 is 0. The lowest BCUT2D eigenvalue weighted by atomic mass is 10.1. The third-order valence-corrected chi connectivity index (χ3v) is 3.91. The number of aryl methyl sites for hydroxylation is 1. The lowest BCUT2D eigenvalue weighted by molar-refractivity contribution is 0.878. The average Bonchev–Trinajstić information content (AvgIpc) is 2.62. The van der Waals surface area contributed by atoms with Gasteiger partial charge in [0, 0.05) is 12.2 Å². The van der Waals surface area contributed by atoms with E-state index >= 15 is 0 Å². The van der Waals surface area contributed by atoms with E-state index in [1.807, 2.05) is 35.2 Å². The van der Waals surface area contributed by atoms with Gasteiger partial charge in [0.15, 0.2) is 0 Å². The van der Waals surface area contributed by atoms with Crippen molar-refractivity contribution in [1.82, 2.24) is 9.97 Å². The fourth-order valence-electron chi connectivity index (χ4n) is 2.72. The minimum atomic E-state index is -0.147. The molecular weight excluding hydrogens is 312 g/mol. The van der Waals surface area contributed by atoms with Gasteiger partial charge in [0.05, 0.1) is 29.1 Å². The average molecular weight is 328 g/mol. The van der Waals surface area contributed by atoms with Crippen LogP contribution >= 0.6 is 0 Å². The molecule has 3 aromatic rings. The van der Waals surface area contributed by atoms with E-state index in [1.54, 1.807) is 19.1 Å². The van der Waals surface area contributed by atoms with Crippen LogP contribution in [0.25, 0.3) is 10.9 Å². The van der Waals surface area contributed by atoms with E-state index in [-0.39, 0.29) is 5.56 Å². The Labute approximate surface area is 145 Å². The van der Waals surface area contributed by atoms with Crippen LogP contribution in [-0.4, -0.2) is 16.5 Å². The third-order valence-electron chi connectivity index (χ3n) is 3.91. The summed E-state index contributed by atoms with van der Waals surface area (Å²) in [7, 11) is 0. The molecule has 1 N–H and O–H groups in total. The smallest absolute Gasteiger partial charge is 0.258 e. The van der Waals surface area contributed by atoms with Crippen molar-refractivity contribution >= 4 is 16.6 Å². The fraction of sp³-hybridized carbons (Fsp3) is 0.150. The molecule has 122 valence electrons. The summed E-state index contributed by atoms with van der Waals surface area (Å²) in [6, 6.07) is 15.0. The summed E-state index contributed by atoms with van der Waals surface area (Å²) in [4.78, 5) is 21.2. The Morgan fingerprint density at radius 1 is 1.24 bits per heavy atom. The molecule has 1 heterocycles. The number of terminal acetylenes is 1. The number of hydrogen-bond acceptors (Lipinski definition) is 4. The largest absolute Gasteiger partial charge is 0.356 e. The van der Waals surface area contributed by atoms with Crippen LogP contribution in [0.2, 0.25) is 0 Å². The van der Waals surface area contributed by atoms with Crippen LogP contribution in [0.3, 0.4) is 0 Å². The molecule has 0 bridgehead atoms. The number of nitrogens with zero attached hydrogens (tertiary/aromatic N) is 3. The Bertz CT molecular complexity index is 1050. The number of nitriles is 1. The second-order valence-corrected chi connectivity index (χ2v) is 5.72. The zero-order chi connectivity index (χ0) is 17.8. The molecule has 0 aliphatic carbocycles. The summed E-state index contributed by atoms with van der Waals surface area (Å²) in [5.41, 5.74) is 3.01. The van der Waals surface area contributed by atoms with Gasteiger partial charge < -0.3 is 9.88 Å². The van der Waals surface area contributed by atoms with E-state index in [2.05, 4.69) is 22.0 Å². The van der Waals surface area contributed by atoms with E-state index in [9.17, 15) is 4.79 Å².